The molecule has 2 saturated heterocycles. The molecule has 10 heteroatoms. The van der Waals surface area contributed by atoms with Gasteiger partial charge in [-0.1, -0.05) is 62.8 Å². The van der Waals surface area contributed by atoms with Crippen molar-refractivity contribution < 1.29 is 28.8 Å². The molecule has 242 valence electrons. The summed E-state index contributed by atoms with van der Waals surface area (Å²) in [5, 5.41) is 4.73. The first kappa shape index (κ1) is 31.6. The van der Waals surface area contributed by atoms with Gasteiger partial charge in [0.05, 0.1) is 0 Å². The van der Waals surface area contributed by atoms with Gasteiger partial charge >= 0.3 is 0 Å². The minimum atomic E-state index is -0.585. The number of benzene rings is 2. The maximum absolute atomic E-state index is 13.1. The van der Waals surface area contributed by atoms with Crippen molar-refractivity contribution in [2.45, 2.75) is 115 Å². The smallest absolute Gasteiger partial charge is 0.255 e. The number of rotatable bonds is 13. The topological polar surface area (TPSA) is 133 Å². The summed E-state index contributed by atoms with van der Waals surface area (Å²) < 4.78 is 0. The number of carbonyl (C=O) groups is 6. The number of unbranched alkanes of at least 4 members (excludes halogenated alkanes) is 7. The summed E-state index contributed by atoms with van der Waals surface area (Å²) in [6.45, 7) is 0.855. The molecule has 6 rings (SSSR count). The van der Waals surface area contributed by atoms with E-state index >= 15 is 0 Å². The Hall–Kier alpha value is -4.34. The number of nitrogens with zero attached hydrogens (tertiary/aromatic N) is 2. The molecule has 2 aromatic rings. The number of aryl methyl sites for hydroxylation is 2. The van der Waals surface area contributed by atoms with Crippen molar-refractivity contribution in [2.75, 3.05) is 0 Å². The van der Waals surface area contributed by atoms with Crippen LogP contribution in [-0.2, 0) is 45.1 Å². The molecule has 0 radical (unpaired) electrons. The minimum Gasteiger partial charge on any atom is -0.322 e. The molecule has 0 bridgehead atoms. The third-order valence-corrected chi connectivity index (χ3v) is 10.0. The lowest BCUT2D eigenvalue weighted by molar-refractivity contribution is -0.138. The Morgan fingerprint density at radius 3 is 1.33 bits per heavy atom. The summed E-state index contributed by atoms with van der Waals surface area (Å²) in [5.41, 5.74) is 5.76. The van der Waals surface area contributed by atoms with Gasteiger partial charge in [-0.2, -0.15) is 0 Å². The fourth-order valence-electron chi connectivity index (χ4n) is 7.46. The number of carbonyl (C=O) groups excluding carboxylic acids is 6. The van der Waals surface area contributed by atoms with E-state index < -0.39 is 12.1 Å². The Labute approximate surface area is 269 Å². The summed E-state index contributed by atoms with van der Waals surface area (Å²) in [5.74, 6) is -1.55. The maximum Gasteiger partial charge on any atom is 0.255 e. The van der Waals surface area contributed by atoms with Crippen LogP contribution in [0.1, 0.15) is 120 Å². The molecule has 2 N–H and O–H groups in total. The van der Waals surface area contributed by atoms with E-state index in [1.807, 2.05) is 24.3 Å². The molecule has 10 nitrogen and oxygen atoms in total. The first-order chi connectivity index (χ1) is 22.3. The number of fused-ring (bicyclic) bond motifs is 2. The highest BCUT2D eigenvalue weighted by atomic mass is 16.2. The van der Waals surface area contributed by atoms with Crippen molar-refractivity contribution in [2.24, 2.45) is 0 Å². The lowest BCUT2D eigenvalue weighted by atomic mass is 9.97. The normalized spacial score (nSPS) is 21.0. The monoisotopic (exact) mass is 626 g/mol. The van der Waals surface area contributed by atoms with Gasteiger partial charge in [0.15, 0.2) is 0 Å². The molecule has 4 aliphatic rings. The zero-order chi connectivity index (χ0) is 32.2. The summed E-state index contributed by atoms with van der Waals surface area (Å²) in [6.07, 6.45) is 12.1. The highest BCUT2D eigenvalue weighted by Gasteiger charge is 2.41. The molecular weight excluding hydrogens is 584 g/mol. The quantitative estimate of drug-likeness (QED) is 0.254. The summed E-state index contributed by atoms with van der Waals surface area (Å²) in [6, 6.07) is 10.5. The van der Waals surface area contributed by atoms with Crippen molar-refractivity contribution in [3.8, 4) is 0 Å². The largest absolute Gasteiger partial charge is 0.322 e. The number of piperidine rings is 2. The van der Waals surface area contributed by atoms with E-state index in [-0.39, 0.29) is 48.3 Å². The fourth-order valence-corrected chi connectivity index (χ4v) is 7.46. The van der Waals surface area contributed by atoms with Gasteiger partial charge < -0.3 is 9.80 Å². The zero-order valence-electron chi connectivity index (χ0n) is 26.3. The predicted octanol–water partition coefficient (Wildman–Crippen LogP) is 4.11. The second-order valence-electron chi connectivity index (χ2n) is 13.0. The van der Waals surface area contributed by atoms with Crippen LogP contribution < -0.4 is 10.6 Å². The van der Waals surface area contributed by atoms with E-state index in [0.717, 1.165) is 49.7 Å². The maximum atomic E-state index is 13.1. The van der Waals surface area contributed by atoms with Gasteiger partial charge in [0.25, 0.3) is 11.8 Å². The number of imide groups is 2. The first-order valence-corrected chi connectivity index (χ1v) is 16.8. The van der Waals surface area contributed by atoms with Crippen LogP contribution in [0.15, 0.2) is 36.4 Å². The average molecular weight is 627 g/mol. The van der Waals surface area contributed by atoms with Crippen molar-refractivity contribution in [3.05, 3.63) is 69.8 Å². The highest BCUT2D eigenvalue weighted by molar-refractivity contribution is 6.06. The molecule has 2 aromatic carbocycles. The number of hydrogen-bond acceptors (Lipinski definition) is 6. The van der Waals surface area contributed by atoms with Crippen molar-refractivity contribution in [1.82, 2.24) is 20.4 Å². The minimum absolute atomic E-state index is 0.120. The number of hydrogen-bond donors (Lipinski definition) is 2. The Morgan fingerprint density at radius 2 is 0.935 bits per heavy atom. The van der Waals surface area contributed by atoms with Crippen LogP contribution in [0.25, 0.3) is 0 Å². The Bertz CT molecular complexity index is 1450. The summed E-state index contributed by atoms with van der Waals surface area (Å²) in [7, 11) is 0. The molecule has 6 amide bonds. The van der Waals surface area contributed by atoms with Gasteiger partial charge in [-0.3, -0.25) is 39.4 Å². The van der Waals surface area contributed by atoms with Gasteiger partial charge in [0.2, 0.25) is 23.6 Å². The summed E-state index contributed by atoms with van der Waals surface area (Å²) >= 11 is 0. The van der Waals surface area contributed by atoms with Crippen LogP contribution in [-0.4, -0.2) is 57.3 Å². The van der Waals surface area contributed by atoms with Gasteiger partial charge in [0, 0.05) is 37.1 Å². The number of amides is 6. The highest BCUT2D eigenvalue weighted by Crippen LogP contribution is 2.32. The third-order valence-electron chi connectivity index (χ3n) is 10.0. The van der Waals surface area contributed by atoms with Crippen LogP contribution in [0.4, 0.5) is 0 Å². The van der Waals surface area contributed by atoms with Crippen LogP contribution in [0.5, 0.6) is 0 Å². The van der Waals surface area contributed by atoms with Gasteiger partial charge in [-0.25, -0.2) is 0 Å². The second kappa shape index (κ2) is 14.0. The van der Waals surface area contributed by atoms with Gasteiger partial charge in [-0.05, 0) is 72.9 Å². The molecule has 2 atom stereocenters. The standard InChI is InChI=1S/C36H42N4O6/c41-31-19-17-29(33(43)37-31)39-21-27-23(13-9-15-25(27)35(39)45)11-7-5-3-1-2-4-6-8-12-24-14-10-16-26-28(24)22-40(36(26)46)30-18-20-32(42)38-34(30)44/h9-10,13-16,29-30H,1-8,11-12,17-22H2,(H,37,41,43)(H,38,42,44). The molecule has 2 unspecified atom stereocenters. The average Bonchev–Trinajstić information content (AvgIpc) is 3.55. The molecule has 0 aliphatic carbocycles. The third kappa shape index (κ3) is 6.62. The Kier molecular flexibility index (Phi) is 9.61. The van der Waals surface area contributed by atoms with Crippen molar-refractivity contribution in [1.29, 1.82) is 0 Å². The lowest BCUT2D eigenvalue weighted by Gasteiger charge is -2.29. The molecule has 46 heavy (non-hydrogen) atoms. The van der Waals surface area contributed by atoms with Gasteiger partial charge in [-0.15, -0.1) is 0 Å². The van der Waals surface area contributed by atoms with Crippen LogP contribution in [0, 0.1) is 0 Å². The van der Waals surface area contributed by atoms with Crippen molar-refractivity contribution in [3.63, 3.8) is 0 Å². The van der Waals surface area contributed by atoms with E-state index in [1.165, 1.54) is 36.8 Å². The number of nitrogens with one attached hydrogen (secondary N) is 2. The van der Waals surface area contributed by atoms with Gasteiger partial charge in [0.1, 0.15) is 12.1 Å². The SMILES string of the molecule is O=C1CCC(N2Cc3c(CCCCCCCCCCc4cccc5c4CN(C4CCC(=O)NC4=O)C5=O)cccc3C2=O)C(=O)N1. The molecule has 0 aromatic heterocycles. The van der Waals surface area contributed by atoms with E-state index in [2.05, 4.69) is 22.8 Å². The van der Waals surface area contributed by atoms with Crippen LogP contribution in [0.2, 0.25) is 0 Å². The molecular formula is C36H42N4O6. The van der Waals surface area contributed by atoms with E-state index in [0.29, 0.717) is 37.1 Å². The Morgan fingerprint density at radius 1 is 0.543 bits per heavy atom. The van der Waals surface area contributed by atoms with Crippen molar-refractivity contribution >= 4 is 35.4 Å². The molecule has 4 heterocycles. The first-order valence-electron chi connectivity index (χ1n) is 16.8. The van der Waals surface area contributed by atoms with E-state index in [4.69, 9.17) is 0 Å². The fraction of sp³-hybridized carbons (Fsp3) is 0.500. The molecule has 0 saturated carbocycles. The van der Waals surface area contributed by atoms with Crippen LogP contribution >= 0.6 is 0 Å². The Balaban J connectivity index is 0.882. The summed E-state index contributed by atoms with van der Waals surface area (Å²) in [4.78, 5) is 77.2. The molecule has 2 fully saturated rings. The molecule has 0 spiro atoms. The second-order valence-corrected chi connectivity index (χ2v) is 13.0. The van der Waals surface area contributed by atoms with Crippen LogP contribution in [0.3, 0.4) is 0 Å². The van der Waals surface area contributed by atoms with E-state index in [9.17, 15) is 28.8 Å². The lowest BCUT2D eigenvalue weighted by Crippen LogP contribution is -2.52. The molecule has 4 aliphatic heterocycles. The van der Waals surface area contributed by atoms with E-state index in [1.54, 1.807) is 9.80 Å². The predicted molar refractivity (Wildman–Crippen MR) is 169 cm³/mol. The zero-order valence-corrected chi connectivity index (χ0v) is 26.3.